The summed E-state index contributed by atoms with van der Waals surface area (Å²) in [5.41, 5.74) is 1.53. The minimum Gasteiger partial charge on any atom is -0.494 e. The molecule has 1 aromatic carbocycles. The van der Waals surface area contributed by atoms with Crippen molar-refractivity contribution in [1.29, 1.82) is 0 Å². The number of methoxy groups -OCH3 is 1. The summed E-state index contributed by atoms with van der Waals surface area (Å²) in [5, 5.41) is 5.97. The molecule has 272 valence electrons. The molecule has 3 rings (SSSR count). The number of carbonyl (C=O) groups is 3. The Morgan fingerprint density at radius 2 is 1.61 bits per heavy atom. The van der Waals surface area contributed by atoms with Crippen molar-refractivity contribution in [3.05, 3.63) is 53.7 Å². The molecule has 49 heavy (non-hydrogen) atoms. The zero-order chi connectivity index (χ0) is 35.3. The predicted molar refractivity (Wildman–Crippen MR) is 184 cm³/mol. The summed E-state index contributed by atoms with van der Waals surface area (Å²) in [6, 6.07) is 11.7. The van der Waals surface area contributed by atoms with Crippen LogP contribution in [-0.2, 0) is 46.2 Å². The molecule has 0 fully saturated rings. The number of amides is 2. The lowest BCUT2D eigenvalue weighted by Gasteiger charge is -2.24. The molecular formula is C36H54N4O9. The van der Waals surface area contributed by atoms with E-state index in [2.05, 4.69) is 15.6 Å². The Kier molecular flexibility index (Phi) is 17.7. The maximum absolute atomic E-state index is 13.5. The Bertz CT molecular complexity index is 1270. The van der Waals surface area contributed by atoms with Crippen molar-refractivity contribution in [2.75, 3.05) is 78.3 Å². The van der Waals surface area contributed by atoms with Crippen LogP contribution in [0.1, 0.15) is 57.6 Å². The normalized spacial score (nSPS) is 14.5. The third-order valence-electron chi connectivity index (χ3n) is 7.46. The van der Waals surface area contributed by atoms with Crippen molar-refractivity contribution in [3.63, 3.8) is 0 Å². The quantitative estimate of drug-likeness (QED) is 0.134. The van der Waals surface area contributed by atoms with Gasteiger partial charge in [0, 0.05) is 45.6 Å². The van der Waals surface area contributed by atoms with E-state index in [-0.39, 0.29) is 12.3 Å². The van der Waals surface area contributed by atoms with E-state index >= 15 is 0 Å². The van der Waals surface area contributed by atoms with Gasteiger partial charge in [0.15, 0.2) is 0 Å². The summed E-state index contributed by atoms with van der Waals surface area (Å²) in [6.07, 6.45) is 3.95. The van der Waals surface area contributed by atoms with Crippen LogP contribution in [0.25, 0.3) is 0 Å². The molecule has 0 spiro atoms. The van der Waals surface area contributed by atoms with Gasteiger partial charge in [-0.1, -0.05) is 12.1 Å². The number of pyridine rings is 1. The fourth-order valence-corrected chi connectivity index (χ4v) is 5.09. The Morgan fingerprint density at radius 1 is 0.898 bits per heavy atom. The van der Waals surface area contributed by atoms with E-state index in [0.717, 1.165) is 35.7 Å². The van der Waals surface area contributed by atoms with E-state index in [0.29, 0.717) is 85.1 Å². The highest BCUT2D eigenvalue weighted by Crippen LogP contribution is 2.28. The number of hydrogen-bond donors (Lipinski definition) is 2. The van der Waals surface area contributed by atoms with Crippen LogP contribution >= 0.6 is 0 Å². The summed E-state index contributed by atoms with van der Waals surface area (Å²) in [6.45, 7) is 10.9. The van der Waals surface area contributed by atoms with E-state index in [1.165, 1.54) is 7.11 Å². The van der Waals surface area contributed by atoms with Crippen LogP contribution in [0.2, 0.25) is 0 Å². The molecule has 2 N–H and O–H groups in total. The van der Waals surface area contributed by atoms with Gasteiger partial charge in [-0.2, -0.15) is 0 Å². The molecule has 1 aromatic heterocycles. The maximum Gasteiger partial charge on any atom is 0.407 e. The molecule has 0 saturated heterocycles. The first-order valence-electron chi connectivity index (χ1n) is 17.1. The van der Waals surface area contributed by atoms with E-state index in [4.69, 9.17) is 28.4 Å². The third-order valence-corrected chi connectivity index (χ3v) is 7.46. The summed E-state index contributed by atoms with van der Waals surface area (Å²) in [7, 11) is 1.34. The van der Waals surface area contributed by atoms with Crippen LogP contribution in [0.3, 0.4) is 0 Å². The van der Waals surface area contributed by atoms with Crippen LogP contribution in [-0.4, -0.2) is 106 Å². The Balaban J connectivity index is 1.33. The second-order valence-electron chi connectivity index (χ2n) is 12.7. The van der Waals surface area contributed by atoms with Gasteiger partial charge >= 0.3 is 12.1 Å². The van der Waals surface area contributed by atoms with Gasteiger partial charge in [0.25, 0.3) is 0 Å². The molecule has 13 nitrogen and oxygen atoms in total. The van der Waals surface area contributed by atoms with Gasteiger partial charge in [0.2, 0.25) is 5.91 Å². The Labute approximate surface area is 290 Å². The number of ether oxygens (including phenoxy) is 6. The summed E-state index contributed by atoms with van der Waals surface area (Å²) in [4.78, 5) is 43.3. The molecule has 1 aliphatic rings. The minimum absolute atomic E-state index is 0.0350. The van der Waals surface area contributed by atoms with Crippen LogP contribution in [0, 0.1) is 5.92 Å². The number of carbonyl (C=O) groups excluding carboxylic acids is 3. The average molecular weight is 687 g/mol. The number of aromatic nitrogens is 1. The van der Waals surface area contributed by atoms with Gasteiger partial charge in [-0.25, -0.2) is 9.78 Å². The molecule has 2 aromatic rings. The third kappa shape index (κ3) is 16.3. The number of benzene rings is 1. The molecular weight excluding hydrogens is 632 g/mol. The first-order chi connectivity index (χ1) is 23.6. The van der Waals surface area contributed by atoms with Gasteiger partial charge in [-0.3, -0.25) is 9.59 Å². The van der Waals surface area contributed by atoms with Gasteiger partial charge in [0.1, 0.15) is 17.2 Å². The van der Waals surface area contributed by atoms with Gasteiger partial charge in [-0.05, 0) is 81.8 Å². The molecule has 2 amide bonds. The second kappa shape index (κ2) is 21.9. The first kappa shape index (κ1) is 39.5. The fourth-order valence-electron chi connectivity index (χ4n) is 5.09. The first-order valence-corrected chi connectivity index (χ1v) is 17.1. The van der Waals surface area contributed by atoms with Crippen LogP contribution < -0.4 is 15.4 Å². The fraction of sp³-hybridized carbons (Fsp3) is 0.611. The van der Waals surface area contributed by atoms with Crippen LogP contribution in [0.4, 0.5) is 10.6 Å². The van der Waals surface area contributed by atoms with Gasteiger partial charge in [0.05, 0.1) is 52.5 Å². The van der Waals surface area contributed by atoms with Crippen LogP contribution in [0.15, 0.2) is 42.6 Å². The van der Waals surface area contributed by atoms with E-state index in [1.807, 2.05) is 57.2 Å². The second-order valence-corrected chi connectivity index (χ2v) is 12.7. The Hall–Kier alpha value is -3.94. The lowest BCUT2D eigenvalue weighted by Crippen LogP contribution is -2.36. The average Bonchev–Trinajstić information content (AvgIpc) is 3.19. The van der Waals surface area contributed by atoms with Crippen molar-refractivity contribution >= 4 is 23.8 Å². The number of nitrogens with one attached hydrogen (secondary N) is 2. The zero-order valence-corrected chi connectivity index (χ0v) is 29.5. The lowest BCUT2D eigenvalue weighted by molar-refractivity contribution is -0.147. The molecule has 0 bridgehead atoms. The Morgan fingerprint density at radius 3 is 2.31 bits per heavy atom. The minimum atomic E-state index is -0.516. The smallest absolute Gasteiger partial charge is 0.407 e. The predicted octanol–water partition coefficient (Wildman–Crippen LogP) is 4.38. The van der Waals surface area contributed by atoms with Crippen molar-refractivity contribution < 1.29 is 42.8 Å². The highest BCUT2D eigenvalue weighted by Gasteiger charge is 2.31. The number of esters is 1. The monoisotopic (exact) mass is 686 g/mol. The number of hydrogen-bond acceptors (Lipinski definition) is 11. The molecule has 0 aliphatic carbocycles. The van der Waals surface area contributed by atoms with E-state index in [9.17, 15) is 14.4 Å². The van der Waals surface area contributed by atoms with Crippen molar-refractivity contribution in [2.24, 2.45) is 5.92 Å². The molecule has 0 saturated carbocycles. The van der Waals surface area contributed by atoms with Crippen LogP contribution in [0.5, 0.6) is 5.75 Å². The SMILES string of the molecule is COC(=O)CC1Cc2ccc(OCCCNc3ccccn3)cc2CN(CCCOCCOCCOCCCNC(=O)OC(C)(C)C)C1=O. The number of rotatable bonds is 22. The van der Waals surface area contributed by atoms with Gasteiger partial charge in [-0.15, -0.1) is 0 Å². The topological polar surface area (TPSA) is 147 Å². The number of fused-ring (bicyclic) bond motifs is 1. The van der Waals surface area contributed by atoms with Crippen molar-refractivity contribution in [1.82, 2.24) is 15.2 Å². The summed E-state index contributed by atoms with van der Waals surface area (Å²) < 4.78 is 32.9. The standard InChI is InChI=1S/C36H54N4O9/c1-36(2,3)49-35(43)39-15-7-17-45-20-22-47-23-21-46-18-9-16-40-27-30-25-31(48-19-8-14-38-32-10-5-6-13-37-32)12-11-28(30)24-29(34(40)42)26-33(41)44-4/h5-6,10-13,25,29H,7-9,14-24,26-27H2,1-4H3,(H,37,38)(H,39,43). The molecule has 1 unspecified atom stereocenters. The summed E-state index contributed by atoms with van der Waals surface area (Å²) >= 11 is 0. The maximum atomic E-state index is 13.5. The molecule has 13 heteroatoms. The number of nitrogens with zero attached hydrogens (tertiary/aromatic N) is 2. The molecule has 0 radical (unpaired) electrons. The van der Waals surface area contributed by atoms with Gasteiger partial charge < -0.3 is 44.0 Å². The largest absolute Gasteiger partial charge is 0.494 e. The molecule has 1 atom stereocenters. The lowest BCUT2D eigenvalue weighted by atomic mass is 9.94. The number of anilines is 1. The molecule has 1 aliphatic heterocycles. The number of alkyl carbamates (subject to hydrolysis) is 1. The summed E-state index contributed by atoms with van der Waals surface area (Å²) in [5.74, 6) is 0.632. The van der Waals surface area contributed by atoms with Crippen molar-refractivity contribution in [3.8, 4) is 5.75 Å². The van der Waals surface area contributed by atoms with Crippen molar-refractivity contribution in [2.45, 2.75) is 65.0 Å². The zero-order valence-electron chi connectivity index (χ0n) is 29.5. The highest BCUT2D eigenvalue weighted by molar-refractivity contribution is 5.84. The highest BCUT2D eigenvalue weighted by atomic mass is 16.6. The molecule has 2 heterocycles. The van der Waals surface area contributed by atoms with E-state index < -0.39 is 23.6 Å². The van der Waals surface area contributed by atoms with E-state index in [1.54, 1.807) is 11.1 Å².